The molecule has 0 radical (unpaired) electrons. The zero-order valence-corrected chi connectivity index (χ0v) is 20.5. The SMILES string of the molecule is CCC(C)C(NC(=O)C(CO)NC(=O)C(CS)NC(=O)C(N)Cc1c[nH]c2ccccc12)C(=O)O. The van der Waals surface area contributed by atoms with Crippen molar-refractivity contribution in [1.82, 2.24) is 20.9 Å². The number of amides is 3. The number of hydrogen-bond donors (Lipinski definition) is 8. The smallest absolute Gasteiger partial charge is 0.326 e. The maximum absolute atomic E-state index is 12.7. The van der Waals surface area contributed by atoms with Gasteiger partial charge in [0, 0.05) is 22.9 Å². The van der Waals surface area contributed by atoms with E-state index in [1.54, 1.807) is 20.0 Å². The van der Waals surface area contributed by atoms with E-state index in [0.717, 1.165) is 16.5 Å². The van der Waals surface area contributed by atoms with Crippen LogP contribution in [0.3, 0.4) is 0 Å². The normalized spacial score (nSPS) is 15.5. The van der Waals surface area contributed by atoms with Crippen molar-refractivity contribution in [2.45, 2.75) is 50.9 Å². The molecule has 192 valence electrons. The number of aliphatic carboxylic acids is 1. The summed E-state index contributed by atoms with van der Waals surface area (Å²) in [5.41, 5.74) is 7.82. The Morgan fingerprint density at radius 1 is 1.06 bits per heavy atom. The number of rotatable bonds is 13. The number of para-hydroxylation sites is 1. The summed E-state index contributed by atoms with van der Waals surface area (Å²) in [4.78, 5) is 52.4. The Hall–Kier alpha value is -3.09. The summed E-state index contributed by atoms with van der Waals surface area (Å²) in [6, 6.07) is 2.90. The molecule has 0 saturated carbocycles. The molecule has 8 N–H and O–H groups in total. The van der Waals surface area contributed by atoms with E-state index >= 15 is 0 Å². The van der Waals surface area contributed by atoms with Crippen molar-refractivity contribution in [1.29, 1.82) is 0 Å². The van der Waals surface area contributed by atoms with E-state index in [0.29, 0.717) is 6.42 Å². The van der Waals surface area contributed by atoms with Crippen molar-refractivity contribution in [3.05, 3.63) is 36.0 Å². The highest BCUT2D eigenvalue weighted by molar-refractivity contribution is 7.80. The highest BCUT2D eigenvalue weighted by Gasteiger charge is 2.31. The predicted octanol–water partition coefficient (Wildman–Crippen LogP) is -0.455. The Balaban J connectivity index is 1.99. The van der Waals surface area contributed by atoms with Crippen LogP contribution in [0.15, 0.2) is 30.5 Å². The number of aliphatic hydroxyl groups excluding tert-OH is 1. The fraction of sp³-hybridized carbons (Fsp3) is 0.478. The van der Waals surface area contributed by atoms with Crippen LogP contribution in [0, 0.1) is 5.92 Å². The molecule has 5 atom stereocenters. The van der Waals surface area contributed by atoms with E-state index in [9.17, 15) is 29.4 Å². The number of fused-ring (bicyclic) bond motifs is 1. The number of nitrogens with two attached hydrogens (primary N) is 1. The number of benzene rings is 1. The van der Waals surface area contributed by atoms with Crippen LogP contribution in [0.1, 0.15) is 25.8 Å². The third-order valence-electron chi connectivity index (χ3n) is 5.86. The van der Waals surface area contributed by atoms with Gasteiger partial charge in [0.15, 0.2) is 0 Å². The van der Waals surface area contributed by atoms with Crippen LogP contribution in [-0.2, 0) is 25.6 Å². The lowest BCUT2D eigenvalue weighted by Gasteiger charge is -2.25. The van der Waals surface area contributed by atoms with Gasteiger partial charge in [-0.2, -0.15) is 12.6 Å². The molecule has 5 unspecified atom stereocenters. The van der Waals surface area contributed by atoms with Gasteiger partial charge in [0.2, 0.25) is 17.7 Å². The first-order valence-corrected chi connectivity index (χ1v) is 11.9. The van der Waals surface area contributed by atoms with Gasteiger partial charge in [-0.1, -0.05) is 38.5 Å². The number of carboxylic acid groups (broad SMARTS) is 1. The molecule has 0 saturated heterocycles. The number of aliphatic hydroxyl groups is 1. The van der Waals surface area contributed by atoms with Crippen LogP contribution in [0.5, 0.6) is 0 Å². The minimum absolute atomic E-state index is 0.0955. The van der Waals surface area contributed by atoms with Crippen LogP contribution in [-0.4, -0.2) is 75.4 Å². The van der Waals surface area contributed by atoms with Crippen LogP contribution in [0.4, 0.5) is 0 Å². The summed E-state index contributed by atoms with van der Waals surface area (Å²) in [5, 5.41) is 27.1. The van der Waals surface area contributed by atoms with Gasteiger partial charge in [0.1, 0.15) is 18.1 Å². The Morgan fingerprint density at radius 3 is 2.29 bits per heavy atom. The average Bonchev–Trinajstić information content (AvgIpc) is 3.25. The first kappa shape index (κ1) is 28.1. The zero-order valence-electron chi connectivity index (χ0n) is 19.7. The standard InChI is InChI=1S/C23H33N5O6S/c1-3-12(2)19(23(33)34)28-21(31)17(10-29)26-22(32)18(11-35)27-20(30)15(24)8-13-9-25-16-7-5-4-6-14(13)16/h4-7,9,12,15,17-19,25,29,35H,3,8,10-11,24H2,1-2H3,(H,26,32)(H,27,30)(H,28,31)(H,33,34). The maximum atomic E-state index is 12.7. The molecule has 1 aromatic heterocycles. The molecular weight excluding hydrogens is 474 g/mol. The molecule has 0 fully saturated rings. The van der Waals surface area contributed by atoms with Crippen molar-refractivity contribution < 1.29 is 29.4 Å². The van der Waals surface area contributed by atoms with Gasteiger partial charge in [-0.25, -0.2) is 4.79 Å². The van der Waals surface area contributed by atoms with E-state index in [-0.39, 0.29) is 18.1 Å². The molecule has 3 amide bonds. The fourth-order valence-electron chi connectivity index (χ4n) is 3.51. The number of carboxylic acids is 1. The molecule has 2 rings (SSSR count). The van der Waals surface area contributed by atoms with Gasteiger partial charge in [-0.15, -0.1) is 0 Å². The Labute approximate surface area is 208 Å². The van der Waals surface area contributed by atoms with Crippen molar-refractivity contribution in [3.8, 4) is 0 Å². The lowest BCUT2D eigenvalue weighted by atomic mass is 9.99. The van der Waals surface area contributed by atoms with Crippen molar-refractivity contribution in [3.63, 3.8) is 0 Å². The number of aromatic amines is 1. The van der Waals surface area contributed by atoms with Crippen LogP contribution >= 0.6 is 12.6 Å². The lowest BCUT2D eigenvalue weighted by molar-refractivity contribution is -0.144. The quantitative estimate of drug-likeness (QED) is 0.169. The monoisotopic (exact) mass is 507 g/mol. The van der Waals surface area contributed by atoms with Crippen LogP contribution in [0.2, 0.25) is 0 Å². The van der Waals surface area contributed by atoms with Crippen LogP contribution < -0.4 is 21.7 Å². The van der Waals surface area contributed by atoms with Gasteiger partial charge < -0.3 is 36.9 Å². The highest BCUT2D eigenvalue weighted by Crippen LogP contribution is 2.18. The third-order valence-corrected chi connectivity index (χ3v) is 6.22. The summed E-state index contributed by atoms with van der Waals surface area (Å²) in [6.07, 6.45) is 2.50. The minimum Gasteiger partial charge on any atom is -0.480 e. The van der Waals surface area contributed by atoms with Crippen LogP contribution in [0.25, 0.3) is 10.9 Å². The van der Waals surface area contributed by atoms with Gasteiger partial charge in [-0.3, -0.25) is 14.4 Å². The second-order valence-electron chi connectivity index (χ2n) is 8.37. The molecule has 2 aromatic rings. The number of hydrogen-bond acceptors (Lipinski definition) is 7. The number of carbonyl (C=O) groups excluding carboxylic acids is 3. The molecule has 0 aliphatic carbocycles. The van der Waals surface area contributed by atoms with E-state index in [1.807, 2.05) is 24.3 Å². The minimum atomic E-state index is -1.41. The largest absolute Gasteiger partial charge is 0.480 e. The molecule has 1 heterocycles. The second-order valence-corrected chi connectivity index (χ2v) is 8.73. The van der Waals surface area contributed by atoms with Gasteiger partial charge in [0.05, 0.1) is 12.6 Å². The summed E-state index contributed by atoms with van der Waals surface area (Å²) in [7, 11) is 0. The number of carbonyl (C=O) groups is 4. The molecule has 35 heavy (non-hydrogen) atoms. The molecule has 0 spiro atoms. The van der Waals surface area contributed by atoms with Gasteiger partial charge in [-0.05, 0) is 24.0 Å². The molecule has 1 aromatic carbocycles. The van der Waals surface area contributed by atoms with Crippen molar-refractivity contribution in [2.24, 2.45) is 11.7 Å². The molecule has 11 nitrogen and oxygen atoms in total. The lowest BCUT2D eigenvalue weighted by Crippen LogP contribution is -2.59. The van der Waals surface area contributed by atoms with Gasteiger partial charge in [0.25, 0.3) is 0 Å². The summed E-state index contributed by atoms with van der Waals surface area (Å²) in [5.74, 6) is -3.89. The fourth-order valence-corrected chi connectivity index (χ4v) is 3.76. The summed E-state index contributed by atoms with van der Waals surface area (Å²) in [6.45, 7) is 2.68. The number of nitrogens with one attached hydrogen (secondary N) is 4. The molecular formula is C23H33N5O6S. The van der Waals surface area contributed by atoms with E-state index in [2.05, 4.69) is 33.6 Å². The van der Waals surface area contributed by atoms with Crippen molar-refractivity contribution in [2.75, 3.05) is 12.4 Å². The Bertz CT molecular complexity index is 1040. The predicted molar refractivity (Wildman–Crippen MR) is 134 cm³/mol. The molecule has 0 bridgehead atoms. The molecule has 0 aliphatic rings. The first-order valence-electron chi connectivity index (χ1n) is 11.3. The molecule has 12 heteroatoms. The first-order chi connectivity index (χ1) is 16.6. The third kappa shape index (κ3) is 7.44. The molecule has 0 aliphatic heterocycles. The summed E-state index contributed by atoms with van der Waals surface area (Å²) >= 11 is 4.10. The highest BCUT2D eigenvalue weighted by atomic mass is 32.1. The van der Waals surface area contributed by atoms with Crippen molar-refractivity contribution >= 4 is 47.2 Å². The number of H-pyrrole nitrogens is 1. The Morgan fingerprint density at radius 2 is 1.69 bits per heavy atom. The number of aromatic nitrogens is 1. The van der Waals surface area contributed by atoms with Gasteiger partial charge >= 0.3 is 5.97 Å². The Kier molecular flexibility index (Phi) is 10.6. The van der Waals surface area contributed by atoms with E-state index < -0.39 is 54.5 Å². The second kappa shape index (κ2) is 13.1. The summed E-state index contributed by atoms with van der Waals surface area (Å²) < 4.78 is 0. The number of thiol groups is 1. The topological polar surface area (TPSA) is 187 Å². The maximum Gasteiger partial charge on any atom is 0.326 e. The average molecular weight is 508 g/mol. The zero-order chi connectivity index (χ0) is 26.1. The van der Waals surface area contributed by atoms with E-state index in [1.165, 1.54) is 0 Å². The van der Waals surface area contributed by atoms with E-state index in [4.69, 9.17) is 5.73 Å².